The molecule has 3 heterocycles. The summed E-state index contributed by atoms with van der Waals surface area (Å²) in [5.74, 6) is 0.100. The van der Waals surface area contributed by atoms with Crippen LogP contribution in [0.4, 0.5) is 0 Å². The van der Waals surface area contributed by atoms with E-state index < -0.39 is 6.04 Å². The van der Waals surface area contributed by atoms with Crippen LogP contribution in [0.2, 0.25) is 5.02 Å². The van der Waals surface area contributed by atoms with Gasteiger partial charge in [0.25, 0.3) is 5.91 Å². The number of benzene rings is 1. The molecular weight excluding hydrogens is 404 g/mol. The lowest BCUT2D eigenvalue weighted by molar-refractivity contribution is -0.135. The van der Waals surface area contributed by atoms with Crippen molar-refractivity contribution in [3.63, 3.8) is 0 Å². The molecule has 160 valence electrons. The van der Waals surface area contributed by atoms with Gasteiger partial charge in [0, 0.05) is 31.2 Å². The van der Waals surface area contributed by atoms with Gasteiger partial charge in [0.05, 0.1) is 30.7 Å². The van der Waals surface area contributed by atoms with Crippen LogP contribution in [0.5, 0.6) is 0 Å². The third kappa shape index (κ3) is 3.55. The molecule has 3 aliphatic heterocycles. The maximum Gasteiger partial charge on any atom is 0.290 e. The van der Waals surface area contributed by atoms with Gasteiger partial charge in [-0.2, -0.15) is 0 Å². The van der Waals surface area contributed by atoms with Crippen molar-refractivity contribution in [3.05, 3.63) is 46.2 Å². The Labute approximate surface area is 181 Å². The Morgan fingerprint density at radius 3 is 2.50 bits per heavy atom. The van der Waals surface area contributed by atoms with Gasteiger partial charge in [-0.25, -0.2) is 0 Å². The van der Waals surface area contributed by atoms with Crippen molar-refractivity contribution in [3.8, 4) is 0 Å². The minimum Gasteiger partial charge on any atom is -0.483 e. The zero-order valence-electron chi connectivity index (χ0n) is 17.0. The molecule has 0 spiro atoms. The summed E-state index contributed by atoms with van der Waals surface area (Å²) in [4.78, 5) is 31.0. The number of carbonyl (C=O) groups excluding carboxylic acids is 2. The predicted octanol–water partition coefficient (Wildman–Crippen LogP) is 2.97. The molecule has 0 aromatic heterocycles. The van der Waals surface area contributed by atoms with Crippen LogP contribution >= 0.6 is 11.6 Å². The average molecular weight is 431 g/mol. The van der Waals surface area contributed by atoms with E-state index in [1.54, 1.807) is 0 Å². The van der Waals surface area contributed by atoms with Crippen LogP contribution in [0, 0.1) is 5.92 Å². The first-order valence-electron chi connectivity index (χ1n) is 10.9. The molecule has 5 rings (SSSR count). The van der Waals surface area contributed by atoms with Gasteiger partial charge >= 0.3 is 0 Å². The van der Waals surface area contributed by atoms with Crippen molar-refractivity contribution in [1.29, 1.82) is 0 Å². The number of Topliss-reactive ketones (excluding diaryl/α,β-unsaturated/α-hetero) is 1. The van der Waals surface area contributed by atoms with Gasteiger partial charge in [-0.05, 0) is 37.0 Å². The normalized spacial score (nSPS) is 29.6. The molecule has 3 unspecified atom stereocenters. The van der Waals surface area contributed by atoms with E-state index in [0.29, 0.717) is 30.4 Å². The van der Waals surface area contributed by atoms with E-state index in [1.807, 2.05) is 29.2 Å². The summed E-state index contributed by atoms with van der Waals surface area (Å²) in [7, 11) is 0. The van der Waals surface area contributed by atoms with E-state index in [4.69, 9.17) is 21.1 Å². The number of fused-ring (bicyclic) bond motifs is 1. The van der Waals surface area contributed by atoms with Gasteiger partial charge < -0.3 is 14.4 Å². The fourth-order valence-electron chi connectivity index (χ4n) is 5.19. The number of ketones is 1. The number of ether oxygens (including phenoxy) is 2. The van der Waals surface area contributed by atoms with Crippen molar-refractivity contribution in [2.45, 2.75) is 37.8 Å². The van der Waals surface area contributed by atoms with Crippen LogP contribution in [0.1, 0.15) is 37.3 Å². The molecule has 30 heavy (non-hydrogen) atoms. The Bertz CT molecular complexity index is 862. The van der Waals surface area contributed by atoms with E-state index in [2.05, 4.69) is 4.90 Å². The van der Waals surface area contributed by atoms with Gasteiger partial charge in [-0.15, -0.1) is 0 Å². The van der Waals surface area contributed by atoms with Gasteiger partial charge in [0.1, 0.15) is 6.10 Å². The maximum atomic E-state index is 13.5. The van der Waals surface area contributed by atoms with Crippen LogP contribution in [0.3, 0.4) is 0 Å². The van der Waals surface area contributed by atoms with Gasteiger partial charge in [0.15, 0.2) is 11.5 Å². The molecule has 3 atom stereocenters. The van der Waals surface area contributed by atoms with Crippen molar-refractivity contribution in [1.82, 2.24) is 9.80 Å². The second-order valence-electron chi connectivity index (χ2n) is 8.56. The van der Waals surface area contributed by atoms with E-state index in [0.717, 1.165) is 50.9 Å². The zero-order valence-corrected chi connectivity index (χ0v) is 17.8. The van der Waals surface area contributed by atoms with Crippen LogP contribution in [0.25, 0.3) is 0 Å². The van der Waals surface area contributed by atoms with E-state index in [1.165, 1.54) is 0 Å². The van der Waals surface area contributed by atoms with Crippen LogP contribution in [0.15, 0.2) is 35.6 Å². The van der Waals surface area contributed by atoms with E-state index in [9.17, 15) is 9.59 Å². The second-order valence-corrected chi connectivity index (χ2v) is 9.00. The standard InChI is InChI=1S/C23H27ClN2O4/c24-16-7-5-15(6-8-16)20-19-21(27)17-3-1-2-4-18(17)30-22(19)23(28)26(20)10-9-25-11-13-29-14-12-25/h5-8,17-18,20H,1-4,9-14H2. The van der Waals surface area contributed by atoms with Gasteiger partial charge in [-0.3, -0.25) is 14.5 Å². The van der Waals surface area contributed by atoms with Crippen LogP contribution in [-0.4, -0.2) is 67.0 Å². The molecule has 1 aliphatic carbocycles. The van der Waals surface area contributed by atoms with Crippen LogP contribution < -0.4 is 0 Å². The average Bonchev–Trinajstić information content (AvgIpc) is 3.06. The molecular formula is C23H27ClN2O4. The number of rotatable bonds is 4. The molecule has 0 bridgehead atoms. The van der Waals surface area contributed by atoms with Crippen molar-refractivity contribution in [2.75, 3.05) is 39.4 Å². The number of halogens is 1. The fraction of sp³-hybridized carbons (Fsp3) is 0.565. The summed E-state index contributed by atoms with van der Waals surface area (Å²) in [5, 5.41) is 0.635. The van der Waals surface area contributed by atoms with Crippen molar-refractivity contribution < 1.29 is 19.1 Å². The quantitative estimate of drug-likeness (QED) is 0.735. The lowest BCUT2D eigenvalue weighted by atomic mass is 9.77. The Balaban J connectivity index is 1.47. The minimum atomic E-state index is -0.402. The first-order valence-corrected chi connectivity index (χ1v) is 11.3. The highest BCUT2D eigenvalue weighted by Crippen LogP contribution is 2.46. The fourth-order valence-corrected chi connectivity index (χ4v) is 5.31. The molecule has 1 aromatic carbocycles. The Morgan fingerprint density at radius 1 is 1.00 bits per heavy atom. The lowest BCUT2D eigenvalue weighted by Crippen LogP contribution is -2.43. The molecule has 1 saturated heterocycles. The highest BCUT2D eigenvalue weighted by molar-refractivity contribution is 6.30. The highest BCUT2D eigenvalue weighted by atomic mass is 35.5. The number of morpholine rings is 1. The number of carbonyl (C=O) groups is 2. The molecule has 7 heteroatoms. The number of amides is 1. The van der Waals surface area contributed by atoms with E-state index >= 15 is 0 Å². The Hall–Kier alpha value is -1.89. The smallest absolute Gasteiger partial charge is 0.290 e. The molecule has 0 radical (unpaired) electrons. The SMILES string of the molecule is O=C1C2=C(OC3CCCCC13)C(=O)N(CCN1CCOCC1)C2c1ccc(Cl)cc1. The summed E-state index contributed by atoms with van der Waals surface area (Å²) < 4.78 is 11.6. The molecule has 6 nitrogen and oxygen atoms in total. The summed E-state index contributed by atoms with van der Waals surface area (Å²) in [5.41, 5.74) is 1.46. The Kier molecular flexibility index (Phi) is 5.56. The highest BCUT2D eigenvalue weighted by Gasteiger charge is 2.51. The summed E-state index contributed by atoms with van der Waals surface area (Å²) >= 11 is 6.10. The number of hydrogen-bond donors (Lipinski definition) is 0. The third-order valence-electron chi connectivity index (χ3n) is 6.81. The number of nitrogens with zero attached hydrogens (tertiary/aromatic N) is 2. The van der Waals surface area contributed by atoms with Crippen LogP contribution in [-0.2, 0) is 19.1 Å². The molecule has 4 aliphatic rings. The second kappa shape index (κ2) is 8.33. The summed E-state index contributed by atoms with van der Waals surface area (Å²) in [6.45, 7) is 4.45. The predicted molar refractivity (Wildman–Crippen MR) is 112 cm³/mol. The first kappa shape index (κ1) is 20.0. The van der Waals surface area contributed by atoms with Crippen molar-refractivity contribution >= 4 is 23.3 Å². The lowest BCUT2D eigenvalue weighted by Gasteiger charge is -2.35. The van der Waals surface area contributed by atoms with E-state index in [-0.39, 0.29) is 29.5 Å². The first-order chi connectivity index (χ1) is 14.6. The largest absolute Gasteiger partial charge is 0.483 e. The minimum absolute atomic E-state index is 0.100. The molecule has 0 N–H and O–H groups in total. The molecule has 1 aromatic rings. The van der Waals surface area contributed by atoms with Crippen molar-refractivity contribution in [2.24, 2.45) is 5.92 Å². The third-order valence-corrected chi connectivity index (χ3v) is 7.06. The molecule has 1 amide bonds. The zero-order chi connectivity index (χ0) is 20.7. The summed E-state index contributed by atoms with van der Waals surface area (Å²) in [6, 6.07) is 7.06. The number of hydrogen-bond acceptors (Lipinski definition) is 5. The maximum absolute atomic E-state index is 13.5. The summed E-state index contributed by atoms with van der Waals surface area (Å²) in [6.07, 6.45) is 3.63. The molecule has 2 fully saturated rings. The van der Waals surface area contributed by atoms with Gasteiger partial charge in [0.2, 0.25) is 0 Å². The van der Waals surface area contributed by atoms with Gasteiger partial charge in [-0.1, -0.05) is 30.2 Å². The monoisotopic (exact) mass is 430 g/mol. The Morgan fingerprint density at radius 2 is 1.73 bits per heavy atom. The molecule has 1 saturated carbocycles. The topological polar surface area (TPSA) is 59.1 Å².